The van der Waals surface area contributed by atoms with Crippen LogP contribution in [-0.2, 0) is 9.59 Å². The number of halogens is 1. The van der Waals surface area contributed by atoms with Crippen LogP contribution in [0.25, 0.3) is 5.76 Å². The number of hydrogen-bond donors (Lipinski definition) is 1. The second-order valence-electron chi connectivity index (χ2n) is 6.60. The van der Waals surface area contributed by atoms with E-state index >= 15 is 0 Å². The van der Waals surface area contributed by atoms with E-state index in [1.54, 1.807) is 18.2 Å². The van der Waals surface area contributed by atoms with Gasteiger partial charge in [-0.3, -0.25) is 9.59 Å². The largest absolute Gasteiger partial charge is 0.507 e. The number of aliphatic hydroxyl groups is 1. The maximum atomic E-state index is 13.8. The van der Waals surface area contributed by atoms with Gasteiger partial charge in [-0.05, 0) is 42.8 Å². The second-order valence-corrected chi connectivity index (χ2v) is 6.60. The molecule has 1 fully saturated rings. The number of nitrogens with zero attached hydrogens (tertiary/aromatic N) is 1. The molecular weight excluding hydrogens is 393 g/mol. The highest BCUT2D eigenvalue weighted by atomic mass is 19.1. The second kappa shape index (κ2) is 8.44. The minimum Gasteiger partial charge on any atom is -0.507 e. The number of Topliss-reactive ketones (excluding diaryl/α,β-unsaturated/α-hetero) is 1. The number of likely N-dealkylation sites (N-methyl/N-ethyl adjacent to an activating group) is 1. The third kappa shape index (κ3) is 3.56. The monoisotopic (exact) mass is 415 g/mol. The highest BCUT2D eigenvalue weighted by Crippen LogP contribution is 2.42. The van der Waals surface area contributed by atoms with Crippen LogP contribution in [0.3, 0.4) is 0 Å². The molecule has 1 saturated heterocycles. The summed E-state index contributed by atoms with van der Waals surface area (Å²) in [4.78, 5) is 26.4. The third-order valence-electron chi connectivity index (χ3n) is 4.89. The van der Waals surface area contributed by atoms with Gasteiger partial charge < -0.3 is 24.2 Å². The van der Waals surface area contributed by atoms with E-state index in [9.17, 15) is 19.1 Å². The van der Waals surface area contributed by atoms with Gasteiger partial charge in [0.1, 0.15) is 17.3 Å². The molecule has 7 nitrogen and oxygen atoms in total. The van der Waals surface area contributed by atoms with Crippen LogP contribution in [0.5, 0.6) is 17.2 Å². The van der Waals surface area contributed by atoms with E-state index in [0.717, 1.165) is 6.07 Å². The van der Waals surface area contributed by atoms with Crippen LogP contribution in [0.1, 0.15) is 24.1 Å². The fourth-order valence-corrected chi connectivity index (χ4v) is 3.48. The van der Waals surface area contributed by atoms with Crippen LogP contribution in [0.2, 0.25) is 0 Å². The zero-order valence-electron chi connectivity index (χ0n) is 17.1. The first-order valence-corrected chi connectivity index (χ1v) is 9.23. The molecule has 1 unspecified atom stereocenters. The first-order valence-electron chi connectivity index (χ1n) is 9.23. The van der Waals surface area contributed by atoms with Crippen molar-refractivity contribution in [3.63, 3.8) is 0 Å². The molecule has 2 aromatic rings. The molecule has 8 heteroatoms. The predicted molar refractivity (Wildman–Crippen MR) is 107 cm³/mol. The minimum atomic E-state index is -0.900. The topological polar surface area (TPSA) is 85.3 Å². The fourth-order valence-electron chi connectivity index (χ4n) is 3.48. The van der Waals surface area contributed by atoms with Gasteiger partial charge in [0.25, 0.3) is 11.7 Å². The summed E-state index contributed by atoms with van der Waals surface area (Å²) < 4.78 is 29.9. The average Bonchev–Trinajstić information content (AvgIpc) is 2.97. The number of amides is 1. The van der Waals surface area contributed by atoms with Crippen LogP contribution in [0.4, 0.5) is 4.39 Å². The summed E-state index contributed by atoms with van der Waals surface area (Å²) >= 11 is 0. The van der Waals surface area contributed by atoms with Crippen molar-refractivity contribution in [1.82, 2.24) is 4.90 Å². The molecular formula is C22H22FNO6. The Kier molecular flexibility index (Phi) is 5.96. The van der Waals surface area contributed by atoms with Gasteiger partial charge in [-0.1, -0.05) is 6.07 Å². The number of ketones is 1. The molecule has 30 heavy (non-hydrogen) atoms. The van der Waals surface area contributed by atoms with E-state index in [2.05, 4.69) is 0 Å². The number of carbonyl (C=O) groups is 2. The molecule has 0 aromatic heterocycles. The minimum absolute atomic E-state index is 0.0214. The van der Waals surface area contributed by atoms with Crippen molar-refractivity contribution in [2.75, 3.05) is 27.9 Å². The molecule has 0 spiro atoms. The molecule has 2 aromatic carbocycles. The normalized spacial score (nSPS) is 17.9. The Morgan fingerprint density at radius 2 is 1.73 bits per heavy atom. The van der Waals surface area contributed by atoms with Crippen molar-refractivity contribution in [3.05, 3.63) is 58.9 Å². The lowest BCUT2D eigenvalue weighted by Crippen LogP contribution is -2.24. The third-order valence-corrected chi connectivity index (χ3v) is 4.89. The molecule has 1 atom stereocenters. The maximum Gasteiger partial charge on any atom is 0.295 e. The molecule has 158 valence electrons. The van der Waals surface area contributed by atoms with Crippen LogP contribution >= 0.6 is 0 Å². The van der Waals surface area contributed by atoms with Gasteiger partial charge in [-0.25, -0.2) is 4.39 Å². The van der Waals surface area contributed by atoms with E-state index in [1.807, 2.05) is 6.92 Å². The summed E-state index contributed by atoms with van der Waals surface area (Å²) in [6.45, 7) is 2.27. The van der Waals surface area contributed by atoms with Crippen molar-refractivity contribution in [2.45, 2.75) is 13.0 Å². The standard InChI is InChI=1S/C22H22FNO6/c1-5-30-16-8-6-12(10-17(16)29-4)19-18(21(26)22(27)24(19)2)20(25)14-11-13(23)7-9-15(14)28-3/h6-11,19,25H,5H2,1-4H3/b20-18+. The predicted octanol–water partition coefficient (Wildman–Crippen LogP) is 3.29. The number of ether oxygens (including phenoxy) is 3. The Labute approximate surface area is 173 Å². The number of carbonyl (C=O) groups excluding carboxylic acids is 2. The maximum absolute atomic E-state index is 13.8. The van der Waals surface area contributed by atoms with E-state index in [1.165, 1.54) is 38.3 Å². The van der Waals surface area contributed by atoms with Crippen molar-refractivity contribution < 1.29 is 33.3 Å². The average molecular weight is 415 g/mol. The summed E-state index contributed by atoms with van der Waals surface area (Å²) in [5.41, 5.74) is 0.332. The first kappa shape index (κ1) is 21.2. The van der Waals surface area contributed by atoms with E-state index in [0.29, 0.717) is 23.7 Å². The lowest BCUT2D eigenvalue weighted by Gasteiger charge is -2.22. The molecule has 1 aliphatic heterocycles. The quantitative estimate of drug-likeness (QED) is 0.443. The van der Waals surface area contributed by atoms with Gasteiger partial charge >= 0.3 is 0 Å². The van der Waals surface area contributed by atoms with Gasteiger partial charge in [-0.2, -0.15) is 0 Å². The van der Waals surface area contributed by atoms with E-state index < -0.39 is 29.3 Å². The zero-order chi connectivity index (χ0) is 22.0. The highest BCUT2D eigenvalue weighted by Gasteiger charge is 2.44. The van der Waals surface area contributed by atoms with Crippen LogP contribution in [-0.4, -0.2) is 49.6 Å². The molecule has 1 amide bonds. The summed E-state index contributed by atoms with van der Waals surface area (Å²) in [6.07, 6.45) is 0. The van der Waals surface area contributed by atoms with Gasteiger partial charge in [0.15, 0.2) is 11.5 Å². The lowest BCUT2D eigenvalue weighted by molar-refractivity contribution is -0.139. The number of rotatable bonds is 6. The summed E-state index contributed by atoms with van der Waals surface area (Å²) in [6, 6.07) is 7.63. The molecule has 1 N–H and O–H groups in total. The Hall–Kier alpha value is -3.55. The smallest absolute Gasteiger partial charge is 0.295 e. The van der Waals surface area contributed by atoms with E-state index in [-0.39, 0.29) is 16.9 Å². The molecule has 0 radical (unpaired) electrons. The number of likely N-dealkylation sites (tertiary alicyclic amines) is 1. The van der Waals surface area contributed by atoms with Crippen molar-refractivity contribution in [2.24, 2.45) is 0 Å². The molecule has 1 aliphatic rings. The molecule has 0 aliphatic carbocycles. The Bertz CT molecular complexity index is 1030. The summed E-state index contributed by atoms with van der Waals surface area (Å²) in [7, 11) is 4.29. The number of methoxy groups -OCH3 is 2. The van der Waals surface area contributed by atoms with Crippen molar-refractivity contribution in [1.29, 1.82) is 0 Å². The Morgan fingerprint density at radius 1 is 1.07 bits per heavy atom. The fraction of sp³-hybridized carbons (Fsp3) is 0.273. The lowest BCUT2D eigenvalue weighted by atomic mass is 9.94. The Balaban J connectivity index is 2.21. The highest BCUT2D eigenvalue weighted by molar-refractivity contribution is 6.46. The van der Waals surface area contributed by atoms with Crippen molar-refractivity contribution >= 4 is 17.4 Å². The van der Waals surface area contributed by atoms with Crippen LogP contribution in [0, 0.1) is 5.82 Å². The van der Waals surface area contributed by atoms with Gasteiger partial charge in [0.2, 0.25) is 0 Å². The van der Waals surface area contributed by atoms with Crippen molar-refractivity contribution in [3.8, 4) is 17.2 Å². The number of aliphatic hydroxyl groups excluding tert-OH is 1. The van der Waals surface area contributed by atoms with Gasteiger partial charge in [0, 0.05) is 7.05 Å². The number of hydrogen-bond acceptors (Lipinski definition) is 6. The molecule has 0 bridgehead atoms. The zero-order valence-corrected chi connectivity index (χ0v) is 17.1. The number of benzene rings is 2. The summed E-state index contributed by atoms with van der Waals surface area (Å²) in [5.74, 6) is -1.72. The molecule has 0 saturated carbocycles. The molecule has 3 rings (SSSR count). The molecule has 1 heterocycles. The van der Waals surface area contributed by atoms with E-state index in [4.69, 9.17) is 14.2 Å². The Morgan fingerprint density at radius 3 is 2.37 bits per heavy atom. The van der Waals surface area contributed by atoms with Gasteiger partial charge in [0.05, 0.1) is 38.0 Å². The van der Waals surface area contributed by atoms with Crippen LogP contribution in [0.15, 0.2) is 42.0 Å². The van der Waals surface area contributed by atoms with Crippen LogP contribution < -0.4 is 14.2 Å². The first-order chi connectivity index (χ1) is 14.3. The summed E-state index contributed by atoms with van der Waals surface area (Å²) in [5, 5.41) is 10.9. The SMILES string of the molecule is CCOc1ccc(C2/C(=C(\O)c3cc(F)ccc3OC)C(=O)C(=O)N2C)cc1OC. The van der Waals surface area contributed by atoms with Gasteiger partial charge in [-0.15, -0.1) is 0 Å².